The number of sulfonamides is 1. The van der Waals surface area contributed by atoms with Crippen LogP contribution in [0.3, 0.4) is 0 Å². The molecule has 0 aliphatic carbocycles. The average molecular weight is 487 g/mol. The summed E-state index contributed by atoms with van der Waals surface area (Å²) >= 11 is 5.90. The number of amides is 1. The highest BCUT2D eigenvalue weighted by molar-refractivity contribution is 7.92. The summed E-state index contributed by atoms with van der Waals surface area (Å²) in [5.41, 5.74) is 3.45. The highest BCUT2D eigenvalue weighted by Gasteiger charge is 2.18. The van der Waals surface area contributed by atoms with Crippen molar-refractivity contribution in [3.05, 3.63) is 94.5 Å². The highest BCUT2D eigenvalue weighted by atomic mass is 35.5. The molecule has 0 aromatic heterocycles. The molecule has 3 aromatic carbocycles. The van der Waals surface area contributed by atoms with Gasteiger partial charge in [-0.1, -0.05) is 53.6 Å². The van der Waals surface area contributed by atoms with Crippen LogP contribution >= 0.6 is 11.6 Å². The molecule has 33 heavy (non-hydrogen) atoms. The number of halogens is 1. The lowest BCUT2D eigenvalue weighted by Crippen LogP contribution is -2.31. The Labute approximate surface area is 200 Å². The molecule has 0 radical (unpaired) electrons. The van der Waals surface area contributed by atoms with E-state index in [4.69, 9.17) is 16.3 Å². The Morgan fingerprint density at radius 2 is 1.61 bits per heavy atom. The number of ether oxygens (including phenoxy) is 1. The molecule has 8 heteroatoms. The van der Waals surface area contributed by atoms with E-state index in [1.165, 1.54) is 10.6 Å². The number of carbonyl (C=O) groups is 1. The van der Waals surface area contributed by atoms with E-state index in [1.807, 2.05) is 50.2 Å². The number of aryl methyl sites for hydroxylation is 1. The van der Waals surface area contributed by atoms with Crippen molar-refractivity contribution in [3.63, 3.8) is 0 Å². The number of hydrogen-bond acceptors (Lipinski definition) is 4. The molecule has 0 aliphatic heterocycles. The molecule has 0 spiro atoms. The minimum atomic E-state index is -3.49. The third-order valence-corrected chi connectivity index (χ3v) is 6.48. The maximum atomic E-state index is 12.4. The molecule has 0 saturated carbocycles. The van der Waals surface area contributed by atoms with Crippen molar-refractivity contribution < 1.29 is 17.9 Å². The topological polar surface area (TPSA) is 75.7 Å². The molecule has 174 valence electrons. The number of hydrogen-bond donors (Lipinski definition) is 1. The largest absolute Gasteiger partial charge is 0.484 e. The SMILES string of the molecule is Cc1ccc(CN(c2ccc(OCC(=O)N[C@H](C)c3ccc(Cl)cc3)cc2)S(C)(=O)=O)cc1. The second-order valence-electron chi connectivity index (χ2n) is 7.88. The van der Waals surface area contributed by atoms with Crippen molar-refractivity contribution in [2.24, 2.45) is 0 Å². The standard InChI is InChI=1S/C25H27ClN2O4S/c1-18-4-6-20(7-5-18)16-28(33(3,30)31)23-12-14-24(15-13-23)32-17-25(29)27-19(2)21-8-10-22(26)11-9-21/h4-15,19H,16-17H2,1-3H3,(H,27,29)/t19-/m1/s1. The number of anilines is 1. The first-order valence-corrected chi connectivity index (χ1v) is 12.7. The molecular weight excluding hydrogens is 460 g/mol. The van der Waals surface area contributed by atoms with Gasteiger partial charge in [-0.2, -0.15) is 0 Å². The zero-order valence-electron chi connectivity index (χ0n) is 18.8. The van der Waals surface area contributed by atoms with Gasteiger partial charge in [0.05, 0.1) is 24.5 Å². The fraction of sp³-hybridized carbons (Fsp3) is 0.240. The quantitative estimate of drug-likeness (QED) is 0.468. The third kappa shape index (κ3) is 7.23. The fourth-order valence-corrected chi connectivity index (χ4v) is 4.25. The molecule has 1 N–H and O–H groups in total. The van der Waals surface area contributed by atoms with Gasteiger partial charge in [0.2, 0.25) is 10.0 Å². The van der Waals surface area contributed by atoms with E-state index < -0.39 is 10.0 Å². The zero-order chi connectivity index (χ0) is 24.0. The maximum Gasteiger partial charge on any atom is 0.258 e. The summed E-state index contributed by atoms with van der Waals surface area (Å²) in [6.45, 7) is 3.93. The van der Waals surface area contributed by atoms with Crippen molar-refractivity contribution >= 4 is 33.2 Å². The van der Waals surface area contributed by atoms with E-state index in [0.717, 1.165) is 16.7 Å². The summed E-state index contributed by atoms with van der Waals surface area (Å²) in [7, 11) is -3.49. The fourth-order valence-electron chi connectivity index (χ4n) is 3.23. The monoisotopic (exact) mass is 486 g/mol. The van der Waals surface area contributed by atoms with E-state index in [-0.39, 0.29) is 25.1 Å². The van der Waals surface area contributed by atoms with Gasteiger partial charge in [0, 0.05) is 5.02 Å². The molecular formula is C25H27ClN2O4S. The van der Waals surface area contributed by atoms with Crippen LogP contribution in [-0.4, -0.2) is 27.2 Å². The van der Waals surface area contributed by atoms with Crippen LogP contribution in [-0.2, 0) is 21.4 Å². The molecule has 0 unspecified atom stereocenters. The van der Waals surface area contributed by atoms with Crippen LogP contribution in [0.5, 0.6) is 5.75 Å². The van der Waals surface area contributed by atoms with Gasteiger partial charge in [-0.05, 0) is 61.4 Å². The van der Waals surface area contributed by atoms with Crippen molar-refractivity contribution in [3.8, 4) is 5.75 Å². The summed E-state index contributed by atoms with van der Waals surface area (Å²) in [5, 5.41) is 3.51. The number of carbonyl (C=O) groups excluding carboxylic acids is 1. The highest BCUT2D eigenvalue weighted by Crippen LogP contribution is 2.24. The Kier molecular flexibility index (Phi) is 8.00. The molecule has 0 aliphatic rings. The number of nitrogens with zero attached hydrogens (tertiary/aromatic N) is 1. The van der Waals surface area contributed by atoms with Crippen LogP contribution in [0, 0.1) is 6.92 Å². The van der Waals surface area contributed by atoms with Crippen molar-refractivity contribution in [2.45, 2.75) is 26.4 Å². The molecule has 0 fully saturated rings. The van der Waals surface area contributed by atoms with Gasteiger partial charge in [0.1, 0.15) is 5.75 Å². The summed E-state index contributed by atoms with van der Waals surface area (Å²) in [5.74, 6) is 0.204. The van der Waals surface area contributed by atoms with Gasteiger partial charge in [-0.15, -0.1) is 0 Å². The van der Waals surface area contributed by atoms with Crippen molar-refractivity contribution in [2.75, 3.05) is 17.2 Å². The van der Waals surface area contributed by atoms with Crippen LogP contribution in [0.2, 0.25) is 5.02 Å². The van der Waals surface area contributed by atoms with Crippen LogP contribution in [0.4, 0.5) is 5.69 Å². The summed E-state index contributed by atoms with van der Waals surface area (Å²) in [6, 6.07) is 21.4. The van der Waals surface area contributed by atoms with E-state index in [0.29, 0.717) is 16.5 Å². The summed E-state index contributed by atoms with van der Waals surface area (Å²) in [6.07, 6.45) is 1.18. The van der Waals surface area contributed by atoms with Gasteiger partial charge >= 0.3 is 0 Å². The second-order valence-corrected chi connectivity index (χ2v) is 10.2. The lowest BCUT2D eigenvalue weighted by atomic mass is 10.1. The smallest absolute Gasteiger partial charge is 0.258 e. The average Bonchev–Trinajstić information content (AvgIpc) is 2.77. The van der Waals surface area contributed by atoms with Crippen LogP contribution in [0.1, 0.15) is 29.7 Å². The molecule has 0 saturated heterocycles. The van der Waals surface area contributed by atoms with Crippen LogP contribution in [0.25, 0.3) is 0 Å². The number of nitrogens with one attached hydrogen (secondary N) is 1. The summed E-state index contributed by atoms with van der Waals surface area (Å²) in [4.78, 5) is 12.3. The number of benzene rings is 3. The van der Waals surface area contributed by atoms with Crippen LogP contribution in [0.15, 0.2) is 72.8 Å². The molecule has 1 atom stereocenters. The Morgan fingerprint density at radius 1 is 1.00 bits per heavy atom. The predicted octanol–water partition coefficient (Wildman–Crippen LogP) is 4.87. The molecule has 0 bridgehead atoms. The first-order chi connectivity index (χ1) is 15.6. The minimum Gasteiger partial charge on any atom is -0.484 e. The summed E-state index contributed by atoms with van der Waals surface area (Å²) < 4.78 is 31.7. The Morgan fingerprint density at radius 3 is 2.18 bits per heavy atom. The first kappa shape index (κ1) is 24.6. The molecule has 0 heterocycles. The molecule has 1 amide bonds. The van der Waals surface area contributed by atoms with Crippen molar-refractivity contribution in [1.29, 1.82) is 0 Å². The second kappa shape index (κ2) is 10.7. The van der Waals surface area contributed by atoms with E-state index >= 15 is 0 Å². The van der Waals surface area contributed by atoms with Gasteiger partial charge < -0.3 is 10.1 Å². The zero-order valence-corrected chi connectivity index (χ0v) is 20.4. The maximum absolute atomic E-state index is 12.4. The van der Waals surface area contributed by atoms with Gasteiger partial charge in [0.15, 0.2) is 6.61 Å². The van der Waals surface area contributed by atoms with Crippen molar-refractivity contribution in [1.82, 2.24) is 5.32 Å². The first-order valence-electron chi connectivity index (χ1n) is 10.4. The third-order valence-electron chi connectivity index (χ3n) is 5.09. The Hall–Kier alpha value is -3.03. The molecule has 6 nitrogen and oxygen atoms in total. The Bertz CT molecular complexity index is 1180. The lowest BCUT2D eigenvalue weighted by molar-refractivity contribution is -0.123. The lowest BCUT2D eigenvalue weighted by Gasteiger charge is -2.23. The van der Waals surface area contributed by atoms with E-state index in [9.17, 15) is 13.2 Å². The minimum absolute atomic E-state index is 0.156. The molecule has 3 aromatic rings. The molecule has 3 rings (SSSR count). The van der Waals surface area contributed by atoms with Gasteiger partial charge in [0.25, 0.3) is 5.91 Å². The normalized spacial score (nSPS) is 12.1. The predicted molar refractivity (Wildman–Crippen MR) is 132 cm³/mol. The number of rotatable bonds is 9. The van der Waals surface area contributed by atoms with Gasteiger partial charge in [-0.25, -0.2) is 8.42 Å². The van der Waals surface area contributed by atoms with E-state index in [2.05, 4.69) is 5.32 Å². The Balaban J connectivity index is 1.60. The van der Waals surface area contributed by atoms with Crippen LogP contribution < -0.4 is 14.4 Å². The van der Waals surface area contributed by atoms with E-state index in [1.54, 1.807) is 36.4 Å². The van der Waals surface area contributed by atoms with Gasteiger partial charge in [-0.3, -0.25) is 9.10 Å².